The number of nitrogens with zero attached hydrogens (tertiary/aromatic N) is 6. The molecule has 8 nitrogen and oxygen atoms in total. The van der Waals surface area contributed by atoms with Crippen LogP contribution in [0.5, 0.6) is 5.88 Å². The zero-order chi connectivity index (χ0) is 30.2. The Bertz CT molecular complexity index is 1410. The molecule has 1 amide bonds. The fourth-order valence-corrected chi connectivity index (χ4v) is 6.60. The molecule has 42 heavy (non-hydrogen) atoms. The molecule has 0 N–H and O–H groups in total. The molecule has 2 saturated heterocycles. The average molecular weight is 603 g/mol. The second-order valence-electron chi connectivity index (χ2n) is 11.1. The van der Waals surface area contributed by atoms with E-state index in [0.717, 1.165) is 24.9 Å². The summed E-state index contributed by atoms with van der Waals surface area (Å²) in [7, 11) is 2.03. The number of nitriles is 1. The lowest BCUT2D eigenvalue weighted by Crippen LogP contribution is -2.54. The summed E-state index contributed by atoms with van der Waals surface area (Å²) in [4.78, 5) is 24.8. The number of halogens is 4. The van der Waals surface area contributed by atoms with E-state index in [1.807, 2.05) is 14.0 Å². The summed E-state index contributed by atoms with van der Waals surface area (Å²) in [6.45, 7) is 8.65. The van der Waals surface area contributed by atoms with Crippen molar-refractivity contribution in [1.82, 2.24) is 14.8 Å². The molecule has 0 aliphatic carbocycles. The number of carbonyl (C=O) groups is 1. The van der Waals surface area contributed by atoms with Crippen molar-refractivity contribution in [3.8, 4) is 11.9 Å². The summed E-state index contributed by atoms with van der Waals surface area (Å²) >= 11 is 6.04. The lowest BCUT2D eigenvalue weighted by molar-refractivity contribution is -0.137. The van der Waals surface area contributed by atoms with Gasteiger partial charge in [-0.1, -0.05) is 24.2 Å². The summed E-state index contributed by atoms with van der Waals surface area (Å²) in [6.07, 6.45) is -0.928. The van der Waals surface area contributed by atoms with Gasteiger partial charge in [-0.25, -0.2) is 4.98 Å². The number of anilines is 2. The number of amides is 1. The first-order valence-corrected chi connectivity index (χ1v) is 14.5. The number of alkyl halides is 3. The normalized spacial score (nSPS) is 21.2. The van der Waals surface area contributed by atoms with Crippen LogP contribution in [0.3, 0.4) is 0 Å². The average Bonchev–Trinajstić information content (AvgIpc) is 3.37. The van der Waals surface area contributed by atoms with Crippen LogP contribution in [0.25, 0.3) is 0 Å². The van der Waals surface area contributed by atoms with Crippen molar-refractivity contribution in [3.63, 3.8) is 0 Å². The molecule has 4 heterocycles. The molecule has 2 fully saturated rings. The molecule has 2 atom stereocenters. The lowest BCUT2D eigenvalue weighted by Gasteiger charge is -2.42. The van der Waals surface area contributed by atoms with Gasteiger partial charge < -0.3 is 24.3 Å². The van der Waals surface area contributed by atoms with E-state index in [4.69, 9.17) is 21.3 Å². The van der Waals surface area contributed by atoms with Crippen LogP contribution in [0.2, 0.25) is 5.02 Å². The molecule has 2 aromatic rings. The van der Waals surface area contributed by atoms with Gasteiger partial charge in [-0.3, -0.25) is 4.79 Å². The van der Waals surface area contributed by atoms with Crippen molar-refractivity contribution in [2.24, 2.45) is 0 Å². The summed E-state index contributed by atoms with van der Waals surface area (Å²) in [5.74, 6) is 0.0366. The van der Waals surface area contributed by atoms with Crippen LogP contribution in [0.15, 0.2) is 30.9 Å². The Labute approximate surface area is 248 Å². The number of likely N-dealkylation sites (N-methyl/N-ethyl adjacent to an activating group) is 1. The SMILES string of the molecule is C=CC(=O)N1CCN(c2c(C#N)c(OC[C@@H]3CCCN3C)nc3c2CCN(c2cccc(Cl)c2C(F)(F)F)C3)C[C@@H]1C. The molecule has 224 valence electrons. The molecule has 1 aromatic carbocycles. The number of likely N-dealkylation sites (tertiary alicyclic amines) is 1. The van der Waals surface area contributed by atoms with Crippen LogP contribution in [-0.2, 0) is 23.9 Å². The number of ether oxygens (including phenoxy) is 1. The smallest absolute Gasteiger partial charge is 0.419 e. The number of carbonyl (C=O) groups excluding carboxylic acids is 1. The van der Waals surface area contributed by atoms with Gasteiger partial charge in [-0.15, -0.1) is 0 Å². The van der Waals surface area contributed by atoms with Gasteiger partial charge >= 0.3 is 6.18 Å². The fraction of sp³-hybridized carbons (Fsp3) is 0.500. The Morgan fingerprint density at radius 1 is 1.26 bits per heavy atom. The highest BCUT2D eigenvalue weighted by Gasteiger charge is 2.39. The lowest BCUT2D eigenvalue weighted by atomic mass is 9.96. The van der Waals surface area contributed by atoms with Gasteiger partial charge in [0, 0.05) is 43.8 Å². The molecule has 1 aromatic heterocycles. The first kappa shape index (κ1) is 30.0. The maximum Gasteiger partial charge on any atom is 0.419 e. The monoisotopic (exact) mass is 602 g/mol. The van der Waals surface area contributed by atoms with Crippen LogP contribution >= 0.6 is 11.6 Å². The largest absolute Gasteiger partial charge is 0.475 e. The van der Waals surface area contributed by atoms with Crippen molar-refractivity contribution in [2.45, 2.75) is 51.0 Å². The molecular weight excluding hydrogens is 569 g/mol. The molecule has 5 rings (SSSR count). The molecule has 3 aliphatic rings. The predicted molar refractivity (Wildman–Crippen MR) is 155 cm³/mol. The van der Waals surface area contributed by atoms with Crippen molar-refractivity contribution < 1.29 is 22.7 Å². The van der Waals surface area contributed by atoms with Gasteiger partial charge in [0.15, 0.2) is 0 Å². The predicted octanol–water partition coefficient (Wildman–Crippen LogP) is 4.88. The van der Waals surface area contributed by atoms with Gasteiger partial charge in [0.1, 0.15) is 18.2 Å². The van der Waals surface area contributed by atoms with Gasteiger partial charge in [-0.2, -0.15) is 18.4 Å². The van der Waals surface area contributed by atoms with E-state index in [1.54, 1.807) is 9.80 Å². The standard InChI is InChI=1S/C30H34ClF3N6O2/c1-4-26(41)40-14-13-39(16-19(40)2)28-21-10-12-38(25-9-5-8-23(31)27(25)30(32,33)34)17-24(21)36-29(22(28)15-35)42-18-20-7-6-11-37(20)3/h4-5,8-9,19-20H,1,6-7,10-14,16-18H2,2-3H3/t19-,20-/m0/s1. The second kappa shape index (κ2) is 12.0. The van der Waals surface area contributed by atoms with Crippen LogP contribution in [0.4, 0.5) is 24.5 Å². The van der Waals surface area contributed by atoms with Gasteiger partial charge in [0.05, 0.1) is 34.2 Å². The van der Waals surface area contributed by atoms with Gasteiger partial charge in [0.2, 0.25) is 11.8 Å². The number of fused-ring (bicyclic) bond motifs is 1. The van der Waals surface area contributed by atoms with E-state index in [2.05, 4.69) is 22.4 Å². The van der Waals surface area contributed by atoms with E-state index in [9.17, 15) is 23.2 Å². The van der Waals surface area contributed by atoms with E-state index in [1.165, 1.54) is 24.3 Å². The van der Waals surface area contributed by atoms with Crippen LogP contribution < -0.4 is 14.5 Å². The number of hydrogen-bond acceptors (Lipinski definition) is 7. The van der Waals surface area contributed by atoms with Crippen molar-refractivity contribution in [1.29, 1.82) is 5.26 Å². The molecule has 0 unspecified atom stereocenters. The maximum absolute atomic E-state index is 14.0. The Hall–Kier alpha value is -3.49. The Kier molecular flexibility index (Phi) is 8.58. The van der Waals surface area contributed by atoms with E-state index >= 15 is 0 Å². The maximum atomic E-state index is 14.0. The number of rotatable bonds is 6. The number of aromatic nitrogens is 1. The molecular formula is C30H34ClF3N6O2. The van der Waals surface area contributed by atoms with Crippen molar-refractivity contribution >= 4 is 28.9 Å². The summed E-state index contributed by atoms with van der Waals surface area (Å²) in [6, 6.07) is 6.54. The highest BCUT2D eigenvalue weighted by Crippen LogP contribution is 2.44. The first-order valence-electron chi connectivity index (χ1n) is 14.1. The number of piperazine rings is 1. The summed E-state index contributed by atoms with van der Waals surface area (Å²) in [5, 5.41) is 10.0. The summed E-state index contributed by atoms with van der Waals surface area (Å²) < 4.78 is 48.3. The number of pyridine rings is 1. The highest BCUT2D eigenvalue weighted by molar-refractivity contribution is 6.31. The van der Waals surface area contributed by atoms with Crippen LogP contribution in [0, 0.1) is 11.3 Å². The minimum absolute atomic E-state index is 0.00594. The minimum Gasteiger partial charge on any atom is -0.475 e. The van der Waals surface area contributed by atoms with Crippen molar-refractivity contribution in [2.75, 3.05) is 56.2 Å². The van der Waals surface area contributed by atoms with Gasteiger partial charge in [-0.05, 0) is 58.0 Å². The third-order valence-electron chi connectivity index (χ3n) is 8.51. The molecule has 3 aliphatic heterocycles. The van der Waals surface area contributed by atoms with E-state index in [-0.39, 0.29) is 47.7 Å². The molecule has 0 spiro atoms. The molecule has 0 saturated carbocycles. The number of hydrogen-bond donors (Lipinski definition) is 0. The Morgan fingerprint density at radius 3 is 2.69 bits per heavy atom. The topological polar surface area (TPSA) is 75.9 Å². The highest BCUT2D eigenvalue weighted by atomic mass is 35.5. The first-order chi connectivity index (χ1) is 20.0. The third kappa shape index (κ3) is 5.75. The summed E-state index contributed by atoms with van der Waals surface area (Å²) in [5.41, 5.74) is 1.51. The molecule has 12 heteroatoms. The van der Waals surface area contributed by atoms with E-state index in [0.29, 0.717) is 49.6 Å². The fourth-order valence-electron chi connectivity index (χ4n) is 6.32. The van der Waals surface area contributed by atoms with Crippen LogP contribution in [0.1, 0.15) is 42.1 Å². The van der Waals surface area contributed by atoms with E-state index < -0.39 is 11.7 Å². The van der Waals surface area contributed by atoms with Crippen molar-refractivity contribution in [3.05, 3.63) is 58.3 Å². The number of benzene rings is 1. The zero-order valence-electron chi connectivity index (χ0n) is 23.8. The van der Waals surface area contributed by atoms with Crippen LogP contribution in [-0.4, -0.2) is 79.2 Å². The molecule has 0 bridgehead atoms. The minimum atomic E-state index is -4.63. The third-order valence-corrected chi connectivity index (χ3v) is 8.82. The van der Waals surface area contributed by atoms with Gasteiger partial charge in [0.25, 0.3) is 0 Å². The quantitative estimate of drug-likeness (QED) is 0.436. The Morgan fingerprint density at radius 2 is 2.05 bits per heavy atom. The zero-order valence-corrected chi connectivity index (χ0v) is 24.5. The Balaban J connectivity index is 1.55. The molecule has 0 radical (unpaired) electrons. The second-order valence-corrected chi connectivity index (χ2v) is 11.5.